The summed E-state index contributed by atoms with van der Waals surface area (Å²) in [6, 6.07) is 14.9. The van der Waals surface area contributed by atoms with Gasteiger partial charge < -0.3 is 15.4 Å². The van der Waals surface area contributed by atoms with Crippen LogP contribution in [0.4, 0.5) is 22.7 Å². The second-order valence-corrected chi connectivity index (χ2v) is 10.2. The number of benzene rings is 3. The molecule has 35 heavy (non-hydrogen) atoms. The van der Waals surface area contributed by atoms with Crippen molar-refractivity contribution in [1.29, 1.82) is 0 Å². The Morgan fingerprint density at radius 1 is 1.03 bits per heavy atom. The van der Waals surface area contributed by atoms with Gasteiger partial charge in [-0.25, -0.2) is 13.6 Å². The molecule has 0 spiro atoms. The number of hydrogen-bond acceptors (Lipinski definition) is 7. The van der Waals surface area contributed by atoms with E-state index in [1.807, 2.05) is 0 Å². The zero-order valence-corrected chi connectivity index (χ0v) is 20.0. The van der Waals surface area contributed by atoms with Gasteiger partial charge in [-0.2, -0.15) is 0 Å². The molecule has 0 aromatic heterocycles. The van der Waals surface area contributed by atoms with E-state index in [1.165, 1.54) is 13.2 Å². The molecule has 12 heteroatoms. The van der Waals surface area contributed by atoms with Crippen LogP contribution >= 0.6 is 11.6 Å². The quantitative estimate of drug-likeness (QED) is 0.236. The van der Waals surface area contributed by atoms with Crippen molar-refractivity contribution in [2.24, 2.45) is 5.14 Å². The molecule has 0 saturated carbocycles. The Hall–Kier alpha value is -3.67. The molecule has 1 aliphatic heterocycles. The van der Waals surface area contributed by atoms with E-state index in [-0.39, 0.29) is 29.5 Å². The molecule has 0 radical (unpaired) electrons. The first-order valence-electron chi connectivity index (χ1n) is 10.4. The third-order valence-corrected chi connectivity index (χ3v) is 6.83. The van der Waals surface area contributed by atoms with Crippen LogP contribution in [0.2, 0.25) is 0 Å². The third kappa shape index (κ3) is 5.37. The number of carbonyl (C=O) groups excluding carboxylic acids is 1. The number of fused-ring (bicyclic) bond motifs is 2. The van der Waals surface area contributed by atoms with Crippen LogP contribution in [-0.4, -0.2) is 32.1 Å². The second kappa shape index (κ2) is 9.53. The summed E-state index contributed by atoms with van der Waals surface area (Å²) in [4.78, 5) is 23.6. The maximum atomic E-state index is 12.9. The predicted octanol–water partition coefficient (Wildman–Crippen LogP) is 4.54. The van der Waals surface area contributed by atoms with Crippen molar-refractivity contribution in [3.63, 3.8) is 0 Å². The van der Waals surface area contributed by atoms with Gasteiger partial charge in [0.15, 0.2) is 5.75 Å². The molecule has 0 aliphatic carbocycles. The summed E-state index contributed by atoms with van der Waals surface area (Å²) >= 11 is 6.36. The molecule has 0 saturated heterocycles. The number of alkyl halides is 1. The Bertz CT molecular complexity index is 1440. The second-order valence-electron chi connectivity index (χ2n) is 7.91. The topological polar surface area (TPSA) is 154 Å². The number of sulfonamides is 1. The molecule has 1 heterocycles. The molecule has 3 aromatic carbocycles. The molecule has 1 unspecified atom stereocenters. The molecule has 0 fully saturated rings. The summed E-state index contributed by atoms with van der Waals surface area (Å²) < 4.78 is 27.6. The van der Waals surface area contributed by atoms with Crippen LogP contribution in [0.3, 0.4) is 0 Å². The zero-order valence-electron chi connectivity index (χ0n) is 18.4. The van der Waals surface area contributed by atoms with Crippen LogP contribution in [0, 0.1) is 10.1 Å². The number of nitrogens with one attached hydrogen (secondary N) is 2. The summed E-state index contributed by atoms with van der Waals surface area (Å²) in [6.45, 7) is 0. The van der Waals surface area contributed by atoms with Crippen molar-refractivity contribution < 1.29 is 22.9 Å². The maximum absolute atomic E-state index is 12.9. The number of carbonyl (C=O) groups is 1. The van der Waals surface area contributed by atoms with Crippen molar-refractivity contribution in [3.05, 3.63) is 75.8 Å². The standard InChI is InChI=1S/C23H21ClN4O6S/c1-34-22-12-14(4-7-21(22)28(30)31)13-2-5-16-19(10-13)26-18-6-3-15(11-20(18)27-23(16)29)17(24)8-9-35(25,32)33/h2-7,10-12,17,26H,8-9H2,1H3,(H,27,29)(H2,25,32,33). The van der Waals surface area contributed by atoms with E-state index >= 15 is 0 Å². The number of methoxy groups -OCH3 is 1. The molecule has 10 nitrogen and oxygen atoms in total. The van der Waals surface area contributed by atoms with Gasteiger partial charge in [-0.1, -0.05) is 12.1 Å². The largest absolute Gasteiger partial charge is 0.490 e. The van der Waals surface area contributed by atoms with Crippen LogP contribution in [0.1, 0.15) is 27.7 Å². The highest BCUT2D eigenvalue weighted by molar-refractivity contribution is 7.89. The van der Waals surface area contributed by atoms with E-state index in [0.29, 0.717) is 33.8 Å². The number of nitro benzene ring substituents is 1. The molecule has 0 bridgehead atoms. The Morgan fingerprint density at radius 3 is 2.43 bits per heavy atom. The number of anilines is 3. The molecule has 3 aromatic rings. The van der Waals surface area contributed by atoms with Gasteiger partial charge in [-0.15, -0.1) is 11.6 Å². The minimum absolute atomic E-state index is 0.128. The number of nitrogens with two attached hydrogens (primary N) is 1. The van der Waals surface area contributed by atoms with E-state index in [0.717, 1.165) is 5.56 Å². The number of primary sulfonamides is 1. The molecule has 182 valence electrons. The Labute approximate surface area is 206 Å². The molecule has 4 rings (SSSR count). The van der Waals surface area contributed by atoms with Crippen molar-refractivity contribution >= 4 is 50.3 Å². The van der Waals surface area contributed by atoms with E-state index in [2.05, 4.69) is 10.6 Å². The number of nitrogens with zero attached hydrogens (tertiary/aromatic N) is 1. The molecule has 1 amide bonds. The first kappa shape index (κ1) is 24.5. The highest BCUT2D eigenvalue weighted by atomic mass is 35.5. The van der Waals surface area contributed by atoms with Crippen LogP contribution < -0.4 is 20.5 Å². The summed E-state index contributed by atoms with van der Waals surface area (Å²) in [5.41, 5.74) is 3.95. The molecule has 4 N–H and O–H groups in total. The van der Waals surface area contributed by atoms with Gasteiger partial charge in [0.2, 0.25) is 10.0 Å². The Kier molecular flexibility index (Phi) is 6.66. The fourth-order valence-electron chi connectivity index (χ4n) is 3.77. The number of hydrogen-bond donors (Lipinski definition) is 3. The summed E-state index contributed by atoms with van der Waals surface area (Å²) in [5, 5.41) is 21.7. The van der Waals surface area contributed by atoms with Gasteiger partial charge in [-0.3, -0.25) is 14.9 Å². The monoisotopic (exact) mass is 516 g/mol. The van der Waals surface area contributed by atoms with Crippen LogP contribution in [-0.2, 0) is 10.0 Å². The summed E-state index contributed by atoms with van der Waals surface area (Å²) in [6.07, 6.45) is 0.128. The molecule has 1 atom stereocenters. The number of nitro groups is 1. The van der Waals surface area contributed by atoms with Gasteiger partial charge in [0.1, 0.15) is 0 Å². The minimum atomic E-state index is -3.64. The van der Waals surface area contributed by atoms with Gasteiger partial charge >= 0.3 is 5.69 Å². The number of rotatable bonds is 7. The SMILES string of the molecule is COc1cc(-c2ccc3c(c2)Nc2ccc(C(Cl)CCS(N)(=O)=O)cc2NC3=O)ccc1[N+](=O)[O-]. The lowest BCUT2D eigenvalue weighted by atomic mass is 10.0. The highest BCUT2D eigenvalue weighted by Crippen LogP contribution is 2.38. The van der Waals surface area contributed by atoms with Crippen LogP contribution in [0.5, 0.6) is 5.75 Å². The number of amides is 1. The maximum Gasteiger partial charge on any atom is 0.310 e. The van der Waals surface area contributed by atoms with Gasteiger partial charge in [0.25, 0.3) is 5.91 Å². The number of halogens is 1. The lowest BCUT2D eigenvalue weighted by Gasteiger charge is -2.14. The van der Waals surface area contributed by atoms with E-state index in [9.17, 15) is 23.3 Å². The average Bonchev–Trinajstić information content (AvgIpc) is 2.96. The van der Waals surface area contributed by atoms with Gasteiger partial charge in [-0.05, 0) is 59.5 Å². The van der Waals surface area contributed by atoms with E-state index < -0.39 is 20.3 Å². The Morgan fingerprint density at radius 2 is 1.74 bits per heavy atom. The van der Waals surface area contributed by atoms with Crippen LogP contribution in [0.25, 0.3) is 11.1 Å². The van der Waals surface area contributed by atoms with Gasteiger partial charge in [0.05, 0.1) is 45.8 Å². The lowest BCUT2D eigenvalue weighted by Crippen LogP contribution is -2.17. The molecular weight excluding hydrogens is 496 g/mol. The van der Waals surface area contributed by atoms with Crippen molar-refractivity contribution in [2.45, 2.75) is 11.8 Å². The smallest absolute Gasteiger partial charge is 0.310 e. The average molecular weight is 517 g/mol. The van der Waals surface area contributed by atoms with E-state index in [4.69, 9.17) is 21.5 Å². The van der Waals surface area contributed by atoms with Crippen molar-refractivity contribution in [3.8, 4) is 16.9 Å². The highest BCUT2D eigenvalue weighted by Gasteiger charge is 2.22. The molecule has 1 aliphatic rings. The predicted molar refractivity (Wildman–Crippen MR) is 134 cm³/mol. The zero-order chi connectivity index (χ0) is 25.3. The first-order valence-corrected chi connectivity index (χ1v) is 12.5. The summed E-state index contributed by atoms with van der Waals surface area (Å²) in [7, 11) is -2.28. The number of ether oxygens (including phenoxy) is 1. The van der Waals surface area contributed by atoms with Crippen LogP contribution in [0.15, 0.2) is 54.6 Å². The first-order chi connectivity index (χ1) is 16.6. The normalized spacial score (nSPS) is 13.5. The Balaban J connectivity index is 1.65. The molecular formula is C23H21ClN4O6S. The van der Waals surface area contributed by atoms with Crippen molar-refractivity contribution in [2.75, 3.05) is 23.5 Å². The summed E-state index contributed by atoms with van der Waals surface area (Å²) in [5.74, 6) is -0.471. The minimum Gasteiger partial charge on any atom is -0.490 e. The lowest BCUT2D eigenvalue weighted by molar-refractivity contribution is -0.385. The fraction of sp³-hybridized carbons (Fsp3) is 0.174. The third-order valence-electron chi connectivity index (χ3n) is 5.55. The van der Waals surface area contributed by atoms with Gasteiger partial charge in [0, 0.05) is 6.07 Å². The fourth-order valence-corrected chi connectivity index (χ4v) is 4.71. The van der Waals surface area contributed by atoms with E-state index in [1.54, 1.807) is 48.5 Å². The van der Waals surface area contributed by atoms with Crippen molar-refractivity contribution in [1.82, 2.24) is 0 Å².